The number of hydrogen-bond donors (Lipinski definition) is 1. The molecule has 1 aromatic carbocycles. The Bertz CT molecular complexity index is 452. The van der Waals surface area contributed by atoms with Crippen molar-refractivity contribution in [2.75, 3.05) is 45.2 Å². The number of nitrogens with zero attached hydrogens (tertiary/aromatic N) is 2. The molecule has 1 N–H and O–H groups in total. The molecule has 1 atom stereocenters. The highest BCUT2D eigenvalue weighted by Crippen LogP contribution is 2.34. The average molecular weight is 287 g/mol. The van der Waals surface area contributed by atoms with Gasteiger partial charge < -0.3 is 10.2 Å². The molecule has 0 saturated carbocycles. The van der Waals surface area contributed by atoms with E-state index in [0.29, 0.717) is 6.04 Å². The van der Waals surface area contributed by atoms with Crippen LogP contribution in [-0.2, 0) is 0 Å². The SMILES string of the molecule is CN(C)c1cccc(C2CCCN2CC2CCNCC2)c1. The molecule has 2 aliphatic heterocycles. The summed E-state index contributed by atoms with van der Waals surface area (Å²) in [5.74, 6) is 0.892. The van der Waals surface area contributed by atoms with Gasteiger partial charge in [0, 0.05) is 32.4 Å². The molecule has 3 heteroatoms. The number of anilines is 1. The third kappa shape index (κ3) is 3.58. The summed E-state index contributed by atoms with van der Waals surface area (Å²) < 4.78 is 0. The quantitative estimate of drug-likeness (QED) is 0.918. The molecule has 1 aromatic rings. The Morgan fingerprint density at radius 1 is 1.19 bits per heavy atom. The predicted molar refractivity (Wildman–Crippen MR) is 89.9 cm³/mol. The Kier molecular flexibility index (Phi) is 4.81. The van der Waals surface area contributed by atoms with E-state index in [1.165, 1.54) is 63.1 Å². The summed E-state index contributed by atoms with van der Waals surface area (Å²) in [7, 11) is 4.25. The summed E-state index contributed by atoms with van der Waals surface area (Å²) in [5, 5.41) is 3.48. The lowest BCUT2D eigenvalue weighted by Crippen LogP contribution is -2.36. The van der Waals surface area contributed by atoms with Crippen LogP contribution >= 0.6 is 0 Å². The van der Waals surface area contributed by atoms with Gasteiger partial charge in [-0.3, -0.25) is 4.90 Å². The first-order chi connectivity index (χ1) is 10.2. The Morgan fingerprint density at radius 3 is 2.76 bits per heavy atom. The lowest BCUT2D eigenvalue weighted by atomic mass is 9.96. The van der Waals surface area contributed by atoms with E-state index in [2.05, 4.69) is 53.5 Å². The van der Waals surface area contributed by atoms with Crippen LogP contribution < -0.4 is 10.2 Å². The number of benzene rings is 1. The second-order valence-electron chi connectivity index (χ2n) is 6.84. The Hall–Kier alpha value is -1.06. The normalized spacial score (nSPS) is 24.4. The average Bonchev–Trinajstić information content (AvgIpc) is 2.96. The molecule has 21 heavy (non-hydrogen) atoms. The monoisotopic (exact) mass is 287 g/mol. The predicted octanol–water partition coefficient (Wildman–Crippen LogP) is 2.89. The fraction of sp³-hybridized carbons (Fsp3) is 0.667. The van der Waals surface area contributed by atoms with Gasteiger partial charge in [-0.15, -0.1) is 0 Å². The highest BCUT2D eigenvalue weighted by Gasteiger charge is 2.28. The summed E-state index contributed by atoms with van der Waals surface area (Å²) in [5.41, 5.74) is 2.83. The maximum absolute atomic E-state index is 3.48. The van der Waals surface area contributed by atoms with Crippen LogP contribution in [0.4, 0.5) is 5.69 Å². The van der Waals surface area contributed by atoms with Crippen LogP contribution in [0.2, 0.25) is 0 Å². The number of likely N-dealkylation sites (tertiary alicyclic amines) is 1. The summed E-state index contributed by atoms with van der Waals surface area (Å²) >= 11 is 0. The Balaban J connectivity index is 1.69. The first-order valence-corrected chi connectivity index (χ1v) is 8.46. The maximum Gasteiger partial charge on any atom is 0.0364 e. The van der Waals surface area contributed by atoms with E-state index in [1.807, 2.05) is 0 Å². The minimum absolute atomic E-state index is 0.639. The molecule has 0 aliphatic carbocycles. The van der Waals surface area contributed by atoms with Gasteiger partial charge in [-0.1, -0.05) is 12.1 Å². The molecular weight excluding hydrogens is 258 g/mol. The summed E-state index contributed by atoms with van der Waals surface area (Å²) in [6.45, 7) is 4.98. The van der Waals surface area contributed by atoms with Gasteiger partial charge >= 0.3 is 0 Å². The van der Waals surface area contributed by atoms with E-state index in [4.69, 9.17) is 0 Å². The largest absolute Gasteiger partial charge is 0.378 e. The molecule has 0 aromatic heterocycles. The highest BCUT2D eigenvalue weighted by atomic mass is 15.2. The number of hydrogen-bond acceptors (Lipinski definition) is 3. The number of nitrogens with one attached hydrogen (secondary N) is 1. The van der Waals surface area contributed by atoms with Gasteiger partial charge in [0.1, 0.15) is 0 Å². The van der Waals surface area contributed by atoms with E-state index in [1.54, 1.807) is 0 Å². The van der Waals surface area contributed by atoms with Crippen LogP contribution in [-0.4, -0.2) is 45.2 Å². The topological polar surface area (TPSA) is 18.5 Å². The van der Waals surface area contributed by atoms with Crippen LogP contribution in [0.3, 0.4) is 0 Å². The lowest BCUT2D eigenvalue weighted by molar-refractivity contribution is 0.193. The molecule has 0 radical (unpaired) electrons. The van der Waals surface area contributed by atoms with E-state index in [0.717, 1.165) is 5.92 Å². The molecule has 2 fully saturated rings. The molecule has 2 aliphatic rings. The van der Waals surface area contributed by atoms with Crippen molar-refractivity contribution >= 4 is 5.69 Å². The van der Waals surface area contributed by atoms with Crippen molar-refractivity contribution in [3.8, 4) is 0 Å². The van der Waals surface area contributed by atoms with Crippen LogP contribution in [0, 0.1) is 5.92 Å². The minimum atomic E-state index is 0.639. The van der Waals surface area contributed by atoms with Gasteiger partial charge in [0.25, 0.3) is 0 Å². The molecule has 0 amide bonds. The van der Waals surface area contributed by atoms with E-state index in [9.17, 15) is 0 Å². The van der Waals surface area contributed by atoms with Crippen LogP contribution in [0.5, 0.6) is 0 Å². The van der Waals surface area contributed by atoms with E-state index >= 15 is 0 Å². The van der Waals surface area contributed by atoms with Gasteiger partial charge in [0.05, 0.1) is 0 Å². The number of piperidine rings is 1. The first-order valence-electron chi connectivity index (χ1n) is 8.46. The second kappa shape index (κ2) is 6.80. The van der Waals surface area contributed by atoms with Crippen molar-refractivity contribution in [1.29, 1.82) is 0 Å². The smallest absolute Gasteiger partial charge is 0.0364 e. The second-order valence-corrected chi connectivity index (χ2v) is 6.84. The van der Waals surface area contributed by atoms with Gasteiger partial charge in [0.15, 0.2) is 0 Å². The summed E-state index contributed by atoms with van der Waals surface area (Å²) in [4.78, 5) is 4.94. The lowest BCUT2D eigenvalue weighted by Gasteiger charge is -2.31. The maximum atomic E-state index is 3.48. The van der Waals surface area contributed by atoms with Crippen molar-refractivity contribution in [2.45, 2.75) is 31.7 Å². The Morgan fingerprint density at radius 2 is 2.00 bits per heavy atom. The molecule has 2 saturated heterocycles. The zero-order chi connectivity index (χ0) is 14.7. The highest BCUT2D eigenvalue weighted by molar-refractivity contribution is 5.48. The van der Waals surface area contributed by atoms with Gasteiger partial charge in [-0.2, -0.15) is 0 Å². The Labute approximate surface area is 129 Å². The fourth-order valence-electron chi connectivity index (χ4n) is 3.83. The zero-order valence-electron chi connectivity index (χ0n) is 13.5. The molecule has 116 valence electrons. The number of rotatable bonds is 4. The van der Waals surface area contributed by atoms with Crippen LogP contribution in [0.25, 0.3) is 0 Å². The van der Waals surface area contributed by atoms with Crippen molar-refractivity contribution in [2.24, 2.45) is 5.92 Å². The zero-order valence-corrected chi connectivity index (χ0v) is 13.5. The first kappa shape index (κ1) is 14.9. The van der Waals surface area contributed by atoms with Crippen LogP contribution in [0.1, 0.15) is 37.3 Å². The van der Waals surface area contributed by atoms with Crippen molar-refractivity contribution in [3.05, 3.63) is 29.8 Å². The minimum Gasteiger partial charge on any atom is -0.378 e. The van der Waals surface area contributed by atoms with E-state index in [-0.39, 0.29) is 0 Å². The third-order valence-corrected chi connectivity index (χ3v) is 5.09. The molecule has 0 spiro atoms. The van der Waals surface area contributed by atoms with Gasteiger partial charge in [-0.25, -0.2) is 0 Å². The van der Waals surface area contributed by atoms with Crippen molar-refractivity contribution < 1.29 is 0 Å². The van der Waals surface area contributed by atoms with E-state index < -0.39 is 0 Å². The fourth-order valence-corrected chi connectivity index (χ4v) is 3.83. The molecule has 0 bridgehead atoms. The van der Waals surface area contributed by atoms with Crippen molar-refractivity contribution in [1.82, 2.24) is 10.2 Å². The molecule has 3 nitrogen and oxygen atoms in total. The van der Waals surface area contributed by atoms with Crippen molar-refractivity contribution in [3.63, 3.8) is 0 Å². The molecular formula is C18H29N3. The summed E-state index contributed by atoms with van der Waals surface area (Å²) in [6.07, 6.45) is 5.37. The molecule has 2 heterocycles. The van der Waals surface area contributed by atoms with Crippen LogP contribution in [0.15, 0.2) is 24.3 Å². The third-order valence-electron chi connectivity index (χ3n) is 5.09. The molecule has 1 unspecified atom stereocenters. The van der Waals surface area contributed by atoms with Gasteiger partial charge in [-0.05, 0) is 68.9 Å². The summed E-state index contributed by atoms with van der Waals surface area (Å²) in [6, 6.07) is 9.75. The standard InChI is InChI=1S/C18H29N3/c1-20(2)17-6-3-5-16(13-17)18-7-4-12-21(18)14-15-8-10-19-11-9-15/h3,5-6,13,15,18-19H,4,7-12,14H2,1-2H3. The molecule has 3 rings (SSSR count). The van der Waals surface area contributed by atoms with Gasteiger partial charge in [0.2, 0.25) is 0 Å².